The van der Waals surface area contributed by atoms with Crippen LogP contribution in [0.1, 0.15) is 37.2 Å². The molecular weight excluding hydrogens is 535 g/mol. The standard InChI is InChI=1S/C29H31FN4O5S/c1-40(36,37)34(12-2-3-26(35)33-13-15-38-16-14-33)24-18-25-23(17-22(24)19-4-5-19)27(29-31-10-11-32-29)28(39-25)20-6-8-21(30)9-7-20/h6-11,17-19H,2-5,12-16H2,1H3,(H,31,32). The van der Waals surface area contributed by atoms with E-state index in [2.05, 4.69) is 9.97 Å². The number of benzene rings is 2. The minimum atomic E-state index is -3.65. The van der Waals surface area contributed by atoms with Crippen molar-refractivity contribution in [2.45, 2.75) is 31.6 Å². The lowest BCUT2D eigenvalue weighted by atomic mass is 10.0. The first kappa shape index (κ1) is 26.5. The van der Waals surface area contributed by atoms with Crippen LogP contribution >= 0.6 is 0 Å². The third-order valence-electron chi connectivity index (χ3n) is 7.48. The van der Waals surface area contributed by atoms with Crippen LogP contribution in [0.5, 0.6) is 0 Å². The highest BCUT2D eigenvalue weighted by Gasteiger charge is 2.33. The average molecular weight is 567 g/mol. The Labute approximate surface area is 232 Å². The monoisotopic (exact) mass is 566 g/mol. The number of carbonyl (C=O) groups excluding carboxylic acids is 1. The maximum absolute atomic E-state index is 13.7. The lowest BCUT2D eigenvalue weighted by Gasteiger charge is -2.28. The van der Waals surface area contributed by atoms with Crippen molar-refractivity contribution in [1.82, 2.24) is 14.9 Å². The smallest absolute Gasteiger partial charge is 0.232 e. The Kier molecular flexibility index (Phi) is 7.09. The van der Waals surface area contributed by atoms with Crippen LogP contribution in [0.15, 0.2) is 53.2 Å². The van der Waals surface area contributed by atoms with E-state index in [-0.39, 0.29) is 30.6 Å². The van der Waals surface area contributed by atoms with Crippen LogP contribution in [0, 0.1) is 5.82 Å². The van der Waals surface area contributed by atoms with Crippen LogP contribution in [0.3, 0.4) is 0 Å². The summed E-state index contributed by atoms with van der Waals surface area (Å²) in [5.74, 6) is 1.01. The molecule has 3 heterocycles. The minimum absolute atomic E-state index is 0.00711. The number of sulfonamides is 1. The third kappa shape index (κ3) is 5.35. The van der Waals surface area contributed by atoms with E-state index in [4.69, 9.17) is 9.15 Å². The van der Waals surface area contributed by atoms with E-state index < -0.39 is 10.0 Å². The third-order valence-corrected chi connectivity index (χ3v) is 8.66. The van der Waals surface area contributed by atoms with Crippen molar-refractivity contribution in [3.05, 3.63) is 60.2 Å². The molecule has 2 aromatic heterocycles. The predicted molar refractivity (Wildman–Crippen MR) is 150 cm³/mol. The summed E-state index contributed by atoms with van der Waals surface area (Å²) in [5, 5.41) is 0.802. The zero-order chi connectivity index (χ0) is 27.9. The minimum Gasteiger partial charge on any atom is -0.455 e. The molecule has 0 atom stereocenters. The first-order valence-corrected chi connectivity index (χ1v) is 15.3. The molecule has 2 fully saturated rings. The van der Waals surface area contributed by atoms with Gasteiger partial charge in [0.05, 0.1) is 30.7 Å². The molecule has 4 aromatic rings. The highest BCUT2D eigenvalue weighted by molar-refractivity contribution is 7.92. The molecule has 2 aliphatic rings. The van der Waals surface area contributed by atoms with Crippen LogP contribution in [-0.4, -0.2) is 68.3 Å². The second-order valence-electron chi connectivity index (χ2n) is 10.4. The van der Waals surface area contributed by atoms with Gasteiger partial charge in [-0.2, -0.15) is 0 Å². The Morgan fingerprint density at radius 3 is 2.58 bits per heavy atom. The zero-order valence-electron chi connectivity index (χ0n) is 22.2. The van der Waals surface area contributed by atoms with Crippen LogP contribution in [0.25, 0.3) is 33.7 Å². The van der Waals surface area contributed by atoms with Gasteiger partial charge in [0.1, 0.15) is 23.0 Å². The van der Waals surface area contributed by atoms with Crippen molar-refractivity contribution in [1.29, 1.82) is 0 Å². The van der Waals surface area contributed by atoms with Crippen molar-refractivity contribution in [3.8, 4) is 22.7 Å². The number of H-pyrrole nitrogens is 1. The number of furan rings is 1. The SMILES string of the molecule is CS(=O)(=O)N(CCCC(=O)N1CCOCC1)c1cc2oc(-c3ccc(F)cc3)c(-c3ncc[nH]3)c2cc1C1CC1. The van der Waals surface area contributed by atoms with Gasteiger partial charge in [-0.1, -0.05) is 0 Å². The molecule has 210 valence electrons. The second-order valence-corrected chi connectivity index (χ2v) is 12.3. The van der Waals surface area contributed by atoms with Crippen molar-refractivity contribution < 1.29 is 26.8 Å². The van der Waals surface area contributed by atoms with Gasteiger partial charge in [0, 0.05) is 55.5 Å². The van der Waals surface area contributed by atoms with Gasteiger partial charge in [0.25, 0.3) is 0 Å². The number of amides is 1. The van der Waals surface area contributed by atoms with Gasteiger partial charge in [0.2, 0.25) is 15.9 Å². The molecule has 0 bridgehead atoms. The normalized spacial score (nSPS) is 16.0. The van der Waals surface area contributed by atoms with E-state index in [0.29, 0.717) is 61.1 Å². The first-order valence-electron chi connectivity index (χ1n) is 13.5. The Morgan fingerprint density at radius 2 is 1.93 bits per heavy atom. The van der Waals surface area contributed by atoms with Crippen molar-refractivity contribution in [2.24, 2.45) is 0 Å². The number of hydrogen-bond donors (Lipinski definition) is 1. The molecule has 0 radical (unpaired) electrons. The molecule has 1 amide bonds. The van der Waals surface area contributed by atoms with Gasteiger partial charge in [-0.05, 0) is 61.1 Å². The van der Waals surface area contributed by atoms with E-state index >= 15 is 0 Å². The van der Waals surface area contributed by atoms with Crippen molar-refractivity contribution in [2.75, 3.05) is 43.4 Å². The van der Waals surface area contributed by atoms with E-state index in [1.54, 1.807) is 35.5 Å². The maximum atomic E-state index is 13.7. The molecule has 1 aliphatic carbocycles. The largest absolute Gasteiger partial charge is 0.455 e. The van der Waals surface area contributed by atoms with Gasteiger partial charge in [0.15, 0.2) is 0 Å². The summed E-state index contributed by atoms with van der Waals surface area (Å²) >= 11 is 0. The van der Waals surface area contributed by atoms with Crippen LogP contribution < -0.4 is 4.31 Å². The molecule has 1 saturated carbocycles. The summed E-state index contributed by atoms with van der Waals surface area (Å²) in [7, 11) is -3.65. The Hall–Kier alpha value is -3.70. The van der Waals surface area contributed by atoms with Crippen LogP contribution in [-0.2, 0) is 19.6 Å². The summed E-state index contributed by atoms with van der Waals surface area (Å²) in [6.45, 7) is 2.34. The number of carbonyl (C=O) groups is 1. The lowest BCUT2D eigenvalue weighted by molar-refractivity contribution is -0.135. The number of hydrogen-bond acceptors (Lipinski definition) is 6. The Balaban J connectivity index is 1.40. The molecule has 6 rings (SSSR count). The van der Waals surface area contributed by atoms with Gasteiger partial charge in [-0.3, -0.25) is 9.10 Å². The predicted octanol–water partition coefficient (Wildman–Crippen LogP) is 4.91. The first-order chi connectivity index (χ1) is 19.3. The number of anilines is 1. The zero-order valence-corrected chi connectivity index (χ0v) is 23.0. The molecule has 40 heavy (non-hydrogen) atoms. The summed E-state index contributed by atoms with van der Waals surface area (Å²) in [6, 6.07) is 9.84. The number of imidazole rings is 1. The quantitative estimate of drug-likeness (QED) is 0.308. The molecule has 0 spiro atoms. The second kappa shape index (κ2) is 10.7. The Morgan fingerprint density at radius 1 is 1.18 bits per heavy atom. The molecule has 0 unspecified atom stereocenters. The van der Waals surface area contributed by atoms with E-state index in [0.717, 1.165) is 29.4 Å². The molecule has 1 N–H and O–H groups in total. The van der Waals surface area contributed by atoms with E-state index in [1.807, 2.05) is 6.07 Å². The van der Waals surface area contributed by atoms with Crippen LogP contribution in [0.4, 0.5) is 10.1 Å². The number of aromatic nitrogens is 2. The van der Waals surface area contributed by atoms with E-state index in [1.165, 1.54) is 22.7 Å². The molecule has 2 aromatic carbocycles. The summed E-state index contributed by atoms with van der Waals surface area (Å²) in [6.07, 6.45) is 7.14. The number of nitrogens with one attached hydrogen (secondary N) is 1. The number of ether oxygens (including phenoxy) is 1. The molecule has 1 aliphatic heterocycles. The maximum Gasteiger partial charge on any atom is 0.232 e. The topological polar surface area (TPSA) is 109 Å². The fraction of sp³-hybridized carbons (Fsp3) is 0.379. The van der Waals surface area contributed by atoms with E-state index in [9.17, 15) is 17.6 Å². The van der Waals surface area contributed by atoms with Gasteiger partial charge >= 0.3 is 0 Å². The summed E-state index contributed by atoms with van der Waals surface area (Å²) < 4.78 is 53.0. The Bertz CT molecular complexity index is 1620. The molecule has 1 saturated heterocycles. The number of aromatic amines is 1. The number of fused-ring (bicyclic) bond motifs is 1. The summed E-state index contributed by atoms with van der Waals surface area (Å²) in [5.41, 5.74) is 3.42. The van der Waals surface area contributed by atoms with Gasteiger partial charge in [-0.15, -0.1) is 0 Å². The fourth-order valence-electron chi connectivity index (χ4n) is 5.34. The van der Waals surface area contributed by atoms with Crippen LogP contribution in [0.2, 0.25) is 0 Å². The highest BCUT2D eigenvalue weighted by atomic mass is 32.2. The van der Waals surface area contributed by atoms with Gasteiger partial charge in [-0.25, -0.2) is 17.8 Å². The number of halogens is 1. The van der Waals surface area contributed by atoms with Gasteiger partial charge < -0.3 is 19.0 Å². The highest BCUT2D eigenvalue weighted by Crippen LogP contribution is 2.49. The number of nitrogens with zero attached hydrogens (tertiary/aromatic N) is 3. The molecular formula is C29H31FN4O5S. The number of morpholine rings is 1. The van der Waals surface area contributed by atoms with Crippen molar-refractivity contribution in [3.63, 3.8) is 0 Å². The lowest BCUT2D eigenvalue weighted by Crippen LogP contribution is -2.41. The summed E-state index contributed by atoms with van der Waals surface area (Å²) in [4.78, 5) is 22.1. The molecule has 9 nitrogen and oxygen atoms in total. The average Bonchev–Trinajstić information content (AvgIpc) is 3.51. The molecule has 11 heteroatoms. The van der Waals surface area contributed by atoms with Crippen molar-refractivity contribution >= 4 is 32.6 Å². The number of rotatable bonds is 9. The fourth-order valence-corrected chi connectivity index (χ4v) is 6.31.